The summed E-state index contributed by atoms with van der Waals surface area (Å²) in [7, 11) is 0. The summed E-state index contributed by atoms with van der Waals surface area (Å²) in [5.74, 6) is 0.534. The Kier molecular flexibility index (Phi) is 7.02. The first-order valence-electron chi connectivity index (χ1n) is 11.6. The number of pyridine rings is 1. The maximum absolute atomic E-state index is 13.3. The van der Waals surface area contributed by atoms with Crippen LogP contribution < -0.4 is 10.2 Å². The molecular weight excluding hydrogens is 422 g/mol. The van der Waals surface area contributed by atoms with Crippen LogP contribution in [0.4, 0.5) is 0 Å². The van der Waals surface area contributed by atoms with Gasteiger partial charge >= 0.3 is 0 Å². The molecule has 0 aliphatic rings. The number of rotatable bonds is 7. The normalized spacial score (nSPS) is 11.5. The highest BCUT2D eigenvalue weighted by molar-refractivity contribution is 6.08. The number of carbonyl (C=O) groups excluding carboxylic acids is 1. The molecule has 0 unspecified atom stereocenters. The molecule has 4 aromatic rings. The summed E-state index contributed by atoms with van der Waals surface area (Å²) in [5, 5.41) is 5.17. The molecule has 0 fully saturated rings. The second kappa shape index (κ2) is 10.3. The van der Waals surface area contributed by atoms with E-state index < -0.39 is 0 Å². The van der Waals surface area contributed by atoms with Gasteiger partial charge in [0.2, 0.25) is 0 Å². The molecule has 1 aromatic heterocycles. The maximum atomic E-state index is 13.3. The fourth-order valence-electron chi connectivity index (χ4n) is 3.81. The van der Waals surface area contributed by atoms with Crippen molar-refractivity contribution in [3.8, 4) is 17.0 Å². The van der Waals surface area contributed by atoms with Crippen LogP contribution in [0.25, 0.3) is 22.2 Å². The van der Waals surface area contributed by atoms with E-state index in [-0.39, 0.29) is 5.91 Å². The van der Waals surface area contributed by atoms with Gasteiger partial charge in [0.05, 0.1) is 29.1 Å². The van der Waals surface area contributed by atoms with Crippen molar-refractivity contribution in [2.24, 2.45) is 5.10 Å². The van der Waals surface area contributed by atoms with Crippen molar-refractivity contribution in [2.75, 3.05) is 6.61 Å². The lowest BCUT2D eigenvalue weighted by Gasteiger charge is -2.11. The first kappa shape index (κ1) is 23.2. The average molecular weight is 452 g/mol. The van der Waals surface area contributed by atoms with Crippen LogP contribution in [0.15, 0.2) is 77.9 Å². The van der Waals surface area contributed by atoms with E-state index in [9.17, 15) is 4.79 Å². The van der Waals surface area contributed by atoms with Crippen molar-refractivity contribution in [2.45, 2.75) is 34.1 Å². The molecule has 0 aliphatic carbocycles. The van der Waals surface area contributed by atoms with Crippen LogP contribution in [0.5, 0.6) is 5.75 Å². The van der Waals surface area contributed by atoms with Crippen LogP contribution >= 0.6 is 0 Å². The molecule has 0 atom stereocenters. The SMILES string of the molecule is CCOc1ccc(-c2cc(C(=O)N/N=C(\C)c3ccc(CC)cc3)c3cc(C)ccc3n2)cc1. The fourth-order valence-corrected chi connectivity index (χ4v) is 3.81. The van der Waals surface area contributed by atoms with E-state index in [0.717, 1.165) is 51.2 Å². The molecular formula is C29H29N3O2. The number of aryl methyl sites for hydroxylation is 2. The van der Waals surface area contributed by atoms with Crippen LogP contribution in [0, 0.1) is 6.92 Å². The molecule has 3 aromatic carbocycles. The molecule has 34 heavy (non-hydrogen) atoms. The zero-order valence-corrected chi connectivity index (χ0v) is 20.1. The number of nitrogens with zero attached hydrogens (tertiary/aromatic N) is 2. The summed E-state index contributed by atoms with van der Waals surface area (Å²) >= 11 is 0. The summed E-state index contributed by atoms with van der Waals surface area (Å²) in [5.41, 5.74) is 9.73. The predicted molar refractivity (Wildman–Crippen MR) is 139 cm³/mol. The minimum atomic E-state index is -0.269. The molecule has 0 saturated carbocycles. The molecule has 172 valence electrons. The second-order valence-electron chi connectivity index (χ2n) is 8.22. The van der Waals surface area contributed by atoms with Crippen molar-refractivity contribution in [3.05, 3.63) is 95.1 Å². The van der Waals surface area contributed by atoms with Crippen molar-refractivity contribution in [3.63, 3.8) is 0 Å². The quantitative estimate of drug-likeness (QED) is 0.264. The first-order valence-corrected chi connectivity index (χ1v) is 11.6. The smallest absolute Gasteiger partial charge is 0.272 e. The molecule has 1 N–H and O–H groups in total. The van der Waals surface area contributed by atoms with Gasteiger partial charge in [-0.3, -0.25) is 4.79 Å². The highest BCUT2D eigenvalue weighted by atomic mass is 16.5. The van der Waals surface area contributed by atoms with Crippen LogP contribution in [0.1, 0.15) is 47.8 Å². The largest absolute Gasteiger partial charge is 0.494 e. The third-order valence-electron chi connectivity index (χ3n) is 5.78. The van der Waals surface area contributed by atoms with E-state index in [4.69, 9.17) is 9.72 Å². The van der Waals surface area contributed by atoms with Crippen LogP contribution in [-0.2, 0) is 6.42 Å². The van der Waals surface area contributed by atoms with Crippen molar-refractivity contribution >= 4 is 22.5 Å². The van der Waals surface area contributed by atoms with Gasteiger partial charge in [-0.25, -0.2) is 10.4 Å². The number of carbonyl (C=O) groups is 1. The van der Waals surface area contributed by atoms with Crippen LogP contribution in [0.2, 0.25) is 0 Å². The summed E-state index contributed by atoms with van der Waals surface area (Å²) < 4.78 is 5.55. The number of amides is 1. The van der Waals surface area contributed by atoms with E-state index in [1.165, 1.54) is 5.56 Å². The van der Waals surface area contributed by atoms with Gasteiger partial charge in [0.15, 0.2) is 0 Å². The van der Waals surface area contributed by atoms with Gasteiger partial charge in [0.1, 0.15) is 5.75 Å². The van der Waals surface area contributed by atoms with E-state index in [2.05, 4.69) is 29.6 Å². The predicted octanol–water partition coefficient (Wildman–Crippen LogP) is 6.33. The third kappa shape index (κ3) is 5.15. The average Bonchev–Trinajstić information content (AvgIpc) is 2.87. The van der Waals surface area contributed by atoms with Crippen LogP contribution in [0.3, 0.4) is 0 Å². The Labute approximate surface area is 200 Å². The molecule has 4 rings (SSSR count). The number of aromatic nitrogens is 1. The molecule has 1 heterocycles. The second-order valence-corrected chi connectivity index (χ2v) is 8.22. The van der Waals surface area contributed by atoms with Gasteiger partial charge < -0.3 is 4.74 Å². The number of fused-ring (bicyclic) bond motifs is 1. The molecule has 5 nitrogen and oxygen atoms in total. The highest BCUT2D eigenvalue weighted by Crippen LogP contribution is 2.27. The molecule has 1 amide bonds. The number of ether oxygens (including phenoxy) is 1. The Bertz CT molecular complexity index is 1340. The van der Waals surface area contributed by atoms with Crippen molar-refractivity contribution < 1.29 is 9.53 Å². The Morgan fingerprint density at radius 1 is 0.971 bits per heavy atom. The molecule has 0 saturated heterocycles. The Morgan fingerprint density at radius 2 is 1.71 bits per heavy atom. The monoisotopic (exact) mass is 451 g/mol. The van der Waals surface area contributed by atoms with E-state index in [0.29, 0.717) is 12.2 Å². The molecule has 0 spiro atoms. The number of hydrazone groups is 1. The first-order chi connectivity index (χ1) is 16.5. The number of nitrogens with one attached hydrogen (secondary N) is 1. The summed E-state index contributed by atoms with van der Waals surface area (Å²) in [4.78, 5) is 18.1. The standard InChI is InChI=1S/C29H29N3O2/c1-5-21-8-10-22(11-9-21)20(4)31-32-29(33)26-18-28(23-12-14-24(15-13-23)34-6-2)30-27-16-7-19(3)17-25(26)27/h7-18H,5-6H2,1-4H3,(H,32,33)/b31-20+. The van der Waals surface area contributed by atoms with Crippen LogP contribution in [-0.4, -0.2) is 23.2 Å². The summed E-state index contributed by atoms with van der Waals surface area (Å²) in [6.07, 6.45) is 0.985. The Morgan fingerprint density at radius 3 is 2.38 bits per heavy atom. The van der Waals surface area contributed by atoms with Gasteiger partial charge in [-0.05, 0) is 80.8 Å². The lowest BCUT2D eigenvalue weighted by molar-refractivity contribution is 0.0956. The lowest BCUT2D eigenvalue weighted by atomic mass is 10.0. The summed E-state index contributed by atoms with van der Waals surface area (Å²) in [6.45, 7) is 8.58. The molecule has 0 aliphatic heterocycles. The highest BCUT2D eigenvalue weighted by Gasteiger charge is 2.15. The van der Waals surface area contributed by atoms with Gasteiger partial charge in [-0.15, -0.1) is 0 Å². The number of hydrogen-bond acceptors (Lipinski definition) is 4. The van der Waals surface area contributed by atoms with Crippen molar-refractivity contribution in [1.29, 1.82) is 0 Å². The topological polar surface area (TPSA) is 63.6 Å². The van der Waals surface area contributed by atoms with Gasteiger partial charge in [-0.2, -0.15) is 5.10 Å². The van der Waals surface area contributed by atoms with Gasteiger partial charge in [0, 0.05) is 10.9 Å². The minimum absolute atomic E-state index is 0.269. The van der Waals surface area contributed by atoms with E-state index in [1.807, 2.05) is 81.4 Å². The van der Waals surface area contributed by atoms with E-state index in [1.54, 1.807) is 0 Å². The minimum Gasteiger partial charge on any atom is -0.494 e. The molecule has 5 heteroatoms. The molecule has 0 radical (unpaired) electrons. The zero-order chi connectivity index (χ0) is 24.1. The summed E-state index contributed by atoms with van der Waals surface area (Å²) in [6, 6.07) is 23.7. The van der Waals surface area contributed by atoms with Gasteiger partial charge in [0.25, 0.3) is 5.91 Å². The lowest BCUT2D eigenvalue weighted by Crippen LogP contribution is -2.20. The zero-order valence-electron chi connectivity index (χ0n) is 20.1. The fraction of sp³-hybridized carbons (Fsp3) is 0.207. The molecule has 0 bridgehead atoms. The Balaban J connectivity index is 1.68. The number of benzene rings is 3. The Hall–Kier alpha value is -3.99. The van der Waals surface area contributed by atoms with Gasteiger partial charge in [-0.1, -0.05) is 42.8 Å². The maximum Gasteiger partial charge on any atom is 0.272 e. The number of hydrogen-bond donors (Lipinski definition) is 1. The third-order valence-corrected chi connectivity index (χ3v) is 5.78. The van der Waals surface area contributed by atoms with Crippen molar-refractivity contribution in [1.82, 2.24) is 10.4 Å². The van der Waals surface area contributed by atoms with E-state index >= 15 is 0 Å².